The molecule has 4 nitrogen and oxygen atoms in total. The summed E-state index contributed by atoms with van der Waals surface area (Å²) in [6, 6.07) is 76.9. The molecule has 0 radical (unpaired) electrons. The predicted molar refractivity (Wildman–Crippen MR) is 303 cm³/mol. The van der Waals surface area contributed by atoms with E-state index in [1.54, 1.807) is 0 Å². The lowest BCUT2D eigenvalue weighted by atomic mass is 9.33. The fourth-order valence-electron chi connectivity index (χ4n) is 11.5. The van der Waals surface area contributed by atoms with Crippen molar-refractivity contribution in [3.05, 3.63) is 230 Å². The van der Waals surface area contributed by atoms with Crippen LogP contribution in [0.2, 0.25) is 0 Å². The van der Waals surface area contributed by atoms with Crippen LogP contribution < -0.4 is 31.1 Å². The van der Waals surface area contributed by atoms with Gasteiger partial charge in [0.2, 0.25) is 0 Å². The summed E-state index contributed by atoms with van der Waals surface area (Å²) in [7, 11) is 0. The Morgan fingerprint density at radius 2 is 0.887 bits per heavy atom. The minimum Gasteiger partial charge on any atom is -0.471 e. The van der Waals surface area contributed by atoms with Gasteiger partial charge in [0.1, 0.15) is 0 Å². The Hall–Kier alpha value is -8.28. The first-order chi connectivity index (χ1) is 34.5. The standard InChI is InChI=1S/C66H54BN3O/c1-65(2,3)46-30-32-50(33-31-46)68(64-54-28-18-16-26-52(54)62(43-20-10-7-11-21-43)53-27-17-19-29-55(53)64)51-34-35-56-59(40-51)70(49-24-14-9-15-25-49)61-39-47(66(4,5)6)38-60-63(61)67(56)57-36-44-41-71-42-45(44)37-58(57)69(60)48-22-12-8-13-23-48/h7-42H,1-6H3. The van der Waals surface area contributed by atoms with Crippen molar-refractivity contribution in [3.63, 3.8) is 0 Å². The quantitative estimate of drug-likeness (QED) is 0.122. The second kappa shape index (κ2) is 16.1. The van der Waals surface area contributed by atoms with Gasteiger partial charge in [-0.2, -0.15) is 0 Å². The van der Waals surface area contributed by atoms with Crippen LogP contribution in [0.1, 0.15) is 52.7 Å². The van der Waals surface area contributed by atoms with E-state index in [0.717, 1.165) is 44.9 Å². The summed E-state index contributed by atoms with van der Waals surface area (Å²) in [6.45, 7) is 13.8. The van der Waals surface area contributed by atoms with E-state index in [9.17, 15) is 0 Å². The molecule has 0 bridgehead atoms. The lowest BCUT2D eigenvalue weighted by Gasteiger charge is -2.45. The van der Waals surface area contributed by atoms with E-state index in [4.69, 9.17) is 4.42 Å². The summed E-state index contributed by atoms with van der Waals surface area (Å²) in [5.74, 6) is 0. The van der Waals surface area contributed by atoms with Crippen LogP contribution in [0.3, 0.4) is 0 Å². The molecule has 0 fully saturated rings. The Morgan fingerprint density at radius 3 is 1.44 bits per heavy atom. The Bertz CT molecular complexity index is 3790. The van der Waals surface area contributed by atoms with Gasteiger partial charge in [0, 0.05) is 67.0 Å². The third kappa shape index (κ3) is 6.89. The first kappa shape index (κ1) is 42.8. The van der Waals surface area contributed by atoms with E-state index in [1.165, 1.54) is 77.2 Å². The Kier molecular flexibility index (Phi) is 9.73. The van der Waals surface area contributed by atoms with Crippen molar-refractivity contribution in [2.75, 3.05) is 14.7 Å². The van der Waals surface area contributed by atoms with Crippen molar-refractivity contribution < 1.29 is 4.42 Å². The van der Waals surface area contributed by atoms with Crippen molar-refractivity contribution in [3.8, 4) is 11.1 Å². The molecule has 2 aliphatic heterocycles. The highest BCUT2D eigenvalue weighted by atomic mass is 16.3. The van der Waals surface area contributed by atoms with Gasteiger partial charge in [0.05, 0.1) is 18.2 Å². The van der Waals surface area contributed by atoms with Crippen LogP contribution in [-0.4, -0.2) is 6.71 Å². The van der Waals surface area contributed by atoms with Gasteiger partial charge >= 0.3 is 0 Å². The van der Waals surface area contributed by atoms with Crippen LogP contribution in [0.25, 0.3) is 43.4 Å². The molecule has 71 heavy (non-hydrogen) atoms. The number of furan rings is 1. The van der Waals surface area contributed by atoms with E-state index in [-0.39, 0.29) is 17.5 Å². The lowest BCUT2D eigenvalue weighted by molar-refractivity contribution is 0.572. The molecule has 3 heterocycles. The van der Waals surface area contributed by atoms with E-state index >= 15 is 0 Å². The van der Waals surface area contributed by atoms with Crippen LogP contribution in [0, 0.1) is 0 Å². The van der Waals surface area contributed by atoms with E-state index < -0.39 is 0 Å². The molecular weight excluding hydrogens is 862 g/mol. The van der Waals surface area contributed by atoms with Gasteiger partial charge in [-0.3, -0.25) is 0 Å². The second-order valence-corrected chi connectivity index (χ2v) is 21.4. The minimum absolute atomic E-state index is 0.00530. The number of hydrogen-bond donors (Lipinski definition) is 0. The van der Waals surface area contributed by atoms with Crippen molar-refractivity contribution in [2.45, 2.75) is 52.4 Å². The summed E-state index contributed by atoms with van der Waals surface area (Å²) >= 11 is 0. The third-order valence-corrected chi connectivity index (χ3v) is 15.0. The van der Waals surface area contributed by atoms with Gasteiger partial charge in [0.25, 0.3) is 6.71 Å². The van der Waals surface area contributed by atoms with Crippen LogP contribution in [0.15, 0.2) is 223 Å². The number of nitrogens with zero attached hydrogens (tertiary/aromatic N) is 3. The normalized spacial score (nSPS) is 13.1. The van der Waals surface area contributed by atoms with E-state index in [0.29, 0.717) is 0 Å². The summed E-state index contributed by atoms with van der Waals surface area (Å²) in [6.07, 6.45) is 3.77. The Labute approximate surface area is 417 Å². The van der Waals surface area contributed by atoms with Crippen LogP contribution in [0.4, 0.5) is 51.2 Å². The third-order valence-electron chi connectivity index (χ3n) is 15.0. The van der Waals surface area contributed by atoms with Crippen molar-refractivity contribution in [1.82, 2.24) is 0 Å². The number of fused-ring (bicyclic) bond motifs is 7. The van der Waals surface area contributed by atoms with Gasteiger partial charge < -0.3 is 19.1 Å². The molecule has 0 aliphatic carbocycles. The smallest absolute Gasteiger partial charge is 0.252 e. The molecule has 13 rings (SSSR count). The number of benzene rings is 10. The largest absolute Gasteiger partial charge is 0.471 e. The van der Waals surface area contributed by atoms with Crippen molar-refractivity contribution in [2.24, 2.45) is 0 Å². The van der Waals surface area contributed by atoms with Crippen molar-refractivity contribution in [1.29, 1.82) is 0 Å². The molecule has 0 saturated carbocycles. The zero-order valence-corrected chi connectivity index (χ0v) is 41.1. The molecule has 5 heteroatoms. The average Bonchev–Trinajstić information content (AvgIpc) is 3.86. The molecular formula is C66H54BN3O. The van der Waals surface area contributed by atoms with Gasteiger partial charge in [-0.25, -0.2) is 0 Å². The fraction of sp³-hybridized carbons (Fsp3) is 0.121. The Balaban J connectivity index is 1.13. The maximum Gasteiger partial charge on any atom is 0.252 e. The van der Waals surface area contributed by atoms with Gasteiger partial charge in [-0.1, -0.05) is 181 Å². The number of rotatable bonds is 6. The molecule has 10 aromatic carbocycles. The molecule has 1 aromatic heterocycles. The molecule has 0 unspecified atom stereocenters. The summed E-state index contributed by atoms with van der Waals surface area (Å²) < 4.78 is 5.93. The van der Waals surface area contributed by atoms with Crippen LogP contribution >= 0.6 is 0 Å². The summed E-state index contributed by atoms with van der Waals surface area (Å²) in [4.78, 5) is 7.57. The fourth-order valence-corrected chi connectivity index (χ4v) is 11.5. The molecule has 0 amide bonds. The van der Waals surface area contributed by atoms with Gasteiger partial charge in [0.15, 0.2) is 0 Å². The van der Waals surface area contributed by atoms with Gasteiger partial charge in [-0.05, 0) is 127 Å². The Morgan fingerprint density at radius 1 is 0.408 bits per heavy atom. The molecule has 342 valence electrons. The zero-order valence-electron chi connectivity index (χ0n) is 41.1. The molecule has 0 N–H and O–H groups in total. The van der Waals surface area contributed by atoms with Crippen molar-refractivity contribution >= 4 is 107 Å². The van der Waals surface area contributed by atoms with Gasteiger partial charge in [-0.15, -0.1) is 0 Å². The topological polar surface area (TPSA) is 22.9 Å². The zero-order chi connectivity index (χ0) is 48.2. The highest BCUT2D eigenvalue weighted by molar-refractivity contribution is 7.00. The molecule has 0 saturated heterocycles. The highest BCUT2D eigenvalue weighted by Gasteiger charge is 2.45. The first-order valence-electron chi connectivity index (χ1n) is 24.9. The lowest BCUT2D eigenvalue weighted by Crippen LogP contribution is -2.61. The first-order valence-corrected chi connectivity index (χ1v) is 24.9. The monoisotopic (exact) mass is 915 g/mol. The molecule has 0 spiro atoms. The number of anilines is 9. The molecule has 0 atom stereocenters. The van der Waals surface area contributed by atoms with E-state index in [1.807, 2.05) is 12.5 Å². The average molecular weight is 916 g/mol. The van der Waals surface area contributed by atoms with Crippen LogP contribution in [-0.2, 0) is 10.8 Å². The number of hydrogen-bond acceptors (Lipinski definition) is 4. The SMILES string of the molecule is CC(C)(C)c1ccc(N(c2ccc3c(c2)N(c2ccccc2)c2cc(C(C)(C)C)cc4c2B3c2cc3cocc3cc2N4c2ccccc2)c2c3ccccc3c(-c3ccccc3)c3ccccc23)cc1. The van der Waals surface area contributed by atoms with E-state index in [2.05, 4.69) is 262 Å². The summed E-state index contributed by atoms with van der Waals surface area (Å²) in [5.41, 5.74) is 19.0. The number of para-hydroxylation sites is 2. The minimum atomic E-state index is -0.146. The molecule has 2 aliphatic rings. The second-order valence-electron chi connectivity index (χ2n) is 21.4. The summed E-state index contributed by atoms with van der Waals surface area (Å²) in [5, 5.41) is 7.01. The van der Waals surface area contributed by atoms with Crippen LogP contribution in [0.5, 0.6) is 0 Å². The maximum atomic E-state index is 5.93. The predicted octanol–water partition coefficient (Wildman–Crippen LogP) is 16.6. The maximum absolute atomic E-state index is 5.93. The highest BCUT2D eigenvalue weighted by Crippen LogP contribution is 2.51. The molecule has 11 aromatic rings.